The number of rotatable bonds is 6. The Hall–Kier alpha value is -0.0600. The Balaban J connectivity index is 0.00000264. The van der Waals surface area contributed by atoms with Crippen LogP contribution in [-0.4, -0.2) is 55.3 Å². The van der Waals surface area contributed by atoms with Crippen molar-refractivity contribution in [1.82, 2.24) is 15.6 Å². The van der Waals surface area contributed by atoms with Gasteiger partial charge in [-0.1, -0.05) is 0 Å². The number of guanidine groups is 1. The monoisotopic (exact) mass is 470 g/mol. The highest BCUT2D eigenvalue weighted by Gasteiger charge is 2.31. The predicted octanol–water partition coefficient (Wildman–Crippen LogP) is 2.69. The van der Waals surface area contributed by atoms with E-state index in [1.165, 1.54) is 9.88 Å². The van der Waals surface area contributed by atoms with Gasteiger partial charge in [0.1, 0.15) is 0 Å². The zero-order valence-electron chi connectivity index (χ0n) is 14.1. The van der Waals surface area contributed by atoms with Crippen LogP contribution in [0.25, 0.3) is 0 Å². The van der Waals surface area contributed by atoms with Gasteiger partial charge in [-0.15, -0.1) is 35.3 Å². The van der Waals surface area contributed by atoms with Crippen LogP contribution in [0, 0.1) is 6.92 Å². The highest BCUT2D eigenvalue weighted by atomic mass is 127. The number of aliphatic imine (C=N–C) groups is 1. The van der Waals surface area contributed by atoms with Gasteiger partial charge < -0.3 is 15.4 Å². The minimum absolute atomic E-state index is 0. The number of ether oxygens (including phenoxy) is 1. The summed E-state index contributed by atoms with van der Waals surface area (Å²) in [6, 6.07) is 0. The van der Waals surface area contributed by atoms with Gasteiger partial charge in [0.2, 0.25) is 0 Å². The van der Waals surface area contributed by atoms with Crippen molar-refractivity contribution in [1.29, 1.82) is 0 Å². The van der Waals surface area contributed by atoms with Crippen molar-refractivity contribution < 1.29 is 4.74 Å². The van der Waals surface area contributed by atoms with Crippen LogP contribution in [0.15, 0.2) is 11.2 Å². The molecule has 8 heteroatoms. The van der Waals surface area contributed by atoms with Crippen molar-refractivity contribution in [3.8, 4) is 0 Å². The molecule has 2 N–H and O–H groups in total. The van der Waals surface area contributed by atoms with Crippen LogP contribution in [-0.2, 0) is 11.2 Å². The number of aromatic nitrogens is 1. The lowest BCUT2D eigenvalue weighted by molar-refractivity contribution is 0.0783. The fraction of sp³-hybridized carbons (Fsp3) is 0.733. The number of hydrogen-bond donors (Lipinski definition) is 2. The zero-order chi connectivity index (χ0) is 15.8. The van der Waals surface area contributed by atoms with E-state index in [4.69, 9.17) is 4.74 Å². The number of halogens is 1. The maximum atomic E-state index is 5.48. The molecule has 0 amide bonds. The van der Waals surface area contributed by atoms with Crippen molar-refractivity contribution in [2.45, 2.75) is 30.9 Å². The number of aryl methyl sites for hydroxylation is 1. The average Bonchev–Trinajstić information content (AvgIpc) is 2.97. The first-order chi connectivity index (χ1) is 10.7. The Labute approximate surface area is 164 Å². The maximum absolute atomic E-state index is 5.48. The minimum Gasteiger partial charge on any atom is -0.381 e. The Kier molecular flexibility index (Phi) is 9.79. The van der Waals surface area contributed by atoms with Gasteiger partial charge in [-0.2, -0.15) is 11.8 Å². The summed E-state index contributed by atoms with van der Waals surface area (Å²) in [5.41, 5.74) is 0. The lowest BCUT2D eigenvalue weighted by Crippen LogP contribution is -2.48. The van der Waals surface area contributed by atoms with Crippen LogP contribution in [0.4, 0.5) is 0 Å². The third-order valence-electron chi connectivity index (χ3n) is 3.94. The first-order valence-corrected chi connectivity index (χ1v) is 9.70. The number of nitrogens with one attached hydrogen (secondary N) is 2. The van der Waals surface area contributed by atoms with Gasteiger partial charge in [-0.3, -0.25) is 4.99 Å². The molecule has 2 heterocycles. The predicted molar refractivity (Wildman–Crippen MR) is 112 cm³/mol. The Bertz CT molecular complexity index is 490. The molecular formula is C15H27IN4OS2. The molecule has 1 aromatic heterocycles. The van der Waals surface area contributed by atoms with E-state index in [9.17, 15) is 0 Å². The van der Waals surface area contributed by atoms with E-state index in [0.29, 0.717) is 0 Å². The number of hydrogen-bond acceptors (Lipinski definition) is 5. The van der Waals surface area contributed by atoms with Crippen LogP contribution >= 0.6 is 47.1 Å². The summed E-state index contributed by atoms with van der Waals surface area (Å²) in [5, 5.41) is 8.01. The standard InChI is InChI=1S/C15H26N4OS2.HI/c1-12-10-18-13(22-12)4-7-17-14(16-2)19-11-15(21-3)5-8-20-9-6-15;/h10H,4-9,11H2,1-3H3,(H2,16,17,19);1H. The zero-order valence-corrected chi connectivity index (χ0v) is 18.0. The number of thioether (sulfide) groups is 1. The molecule has 1 aliphatic rings. The highest BCUT2D eigenvalue weighted by Crippen LogP contribution is 2.32. The Morgan fingerprint density at radius 3 is 2.74 bits per heavy atom. The largest absolute Gasteiger partial charge is 0.381 e. The molecule has 23 heavy (non-hydrogen) atoms. The van der Waals surface area contributed by atoms with Crippen LogP contribution in [0.3, 0.4) is 0 Å². The molecule has 1 saturated heterocycles. The minimum atomic E-state index is 0. The summed E-state index contributed by atoms with van der Waals surface area (Å²) >= 11 is 3.69. The topological polar surface area (TPSA) is 58.5 Å². The summed E-state index contributed by atoms with van der Waals surface area (Å²) < 4.78 is 5.75. The molecule has 0 unspecified atom stereocenters. The van der Waals surface area contributed by atoms with E-state index >= 15 is 0 Å². The maximum Gasteiger partial charge on any atom is 0.191 e. The van der Waals surface area contributed by atoms with E-state index in [1.807, 2.05) is 25.0 Å². The lowest BCUT2D eigenvalue weighted by atomic mass is 9.99. The molecule has 132 valence electrons. The fourth-order valence-corrected chi connectivity index (χ4v) is 4.04. The summed E-state index contributed by atoms with van der Waals surface area (Å²) in [6.07, 6.45) is 7.24. The molecule has 2 rings (SSSR count). The van der Waals surface area contributed by atoms with Crippen molar-refractivity contribution in [2.75, 3.05) is 39.6 Å². The van der Waals surface area contributed by atoms with Crippen LogP contribution in [0.2, 0.25) is 0 Å². The molecule has 0 spiro atoms. The summed E-state index contributed by atoms with van der Waals surface area (Å²) in [5.74, 6) is 0.869. The van der Waals surface area contributed by atoms with Gasteiger partial charge in [0.15, 0.2) is 5.96 Å². The molecular weight excluding hydrogens is 443 g/mol. The second kappa shape index (κ2) is 10.7. The van der Waals surface area contributed by atoms with Crippen molar-refractivity contribution >= 4 is 53.0 Å². The van der Waals surface area contributed by atoms with Crippen LogP contribution in [0.1, 0.15) is 22.7 Å². The van der Waals surface area contributed by atoms with E-state index in [2.05, 4.69) is 33.8 Å². The molecule has 0 aromatic carbocycles. The van der Waals surface area contributed by atoms with Gasteiger partial charge in [0.05, 0.1) is 5.01 Å². The Morgan fingerprint density at radius 2 is 2.17 bits per heavy atom. The normalized spacial score (nSPS) is 17.4. The van der Waals surface area contributed by atoms with E-state index in [0.717, 1.165) is 51.5 Å². The van der Waals surface area contributed by atoms with Crippen molar-refractivity contribution in [3.05, 3.63) is 16.1 Å². The van der Waals surface area contributed by atoms with E-state index in [1.54, 1.807) is 11.3 Å². The third kappa shape index (κ3) is 6.75. The van der Waals surface area contributed by atoms with Crippen molar-refractivity contribution in [2.24, 2.45) is 4.99 Å². The summed E-state index contributed by atoms with van der Waals surface area (Å²) in [4.78, 5) is 9.96. The second-order valence-electron chi connectivity index (χ2n) is 5.47. The molecule has 1 fully saturated rings. The molecule has 5 nitrogen and oxygen atoms in total. The average molecular weight is 470 g/mol. The number of nitrogens with zero attached hydrogens (tertiary/aromatic N) is 2. The summed E-state index contributed by atoms with van der Waals surface area (Å²) in [6.45, 7) is 5.58. The van der Waals surface area contributed by atoms with Gasteiger partial charge in [0.25, 0.3) is 0 Å². The van der Waals surface area contributed by atoms with E-state index < -0.39 is 0 Å². The SMILES string of the molecule is CN=C(NCCc1ncc(C)s1)NCC1(SC)CCOCC1.I. The second-order valence-corrected chi connectivity index (χ2v) is 8.06. The molecule has 0 atom stereocenters. The first kappa shape index (κ1) is 21.0. The molecule has 1 aliphatic heterocycles. The van der Waals surface area contributed by atoms with Gasteiger partial charge in [-0.25, -0.2) is 4.98 Å². The molecule has 1 aromatic rings. The van der Waals surface area contributed by atoms with Gasteiger partial charge in [0, 0.05) is 55.6 Å². The first-order valence-electron chi connectivity index (χ1n) is 7.66. The smallest absolute Gasteiger partial charge is 0.191 e. The molecule has 0 bridgehead atoms. The van der Waals surface area contributed by atoms with Gasteiger partial charge >= 0.3 is 0 Å². The highest BCUT2D eigenvalue weighted by molar-refractivity contribution is 14.0. The molecule has 0 radical (unpaired) electrons. The Morgan fingerprint density at radius 1 is 1.43 bits per heavy atom. The quantitative estimate of drug-likeness (QED) is 0.381. The fourth-order valence-electron chi connectivity index (χ4n) is 2.47. The number of thiazole rings is 1. The lowest BCUT2D eigenvalue weighted by Gasteiger charge is -2.36. The third-order valence-corrected chi connectivity index (χ3v) is 6.33. The van der Waals surface area contributed by atoms with E-state index in [-0.39, 0.29) is 28.7 Å². The molecule has 0 aliphatic carbocycles. The van der Waals surface area contributed by atoms with Gasteiger partial charge in [-0.05, 0) is 26.0 Å². The van der Waals surface area contributed by atoms with Crippen LogP contribution < -0.4 is 10.6 Å². The summed E-state index contributed by atoms with van der Waals surface area (Å²) in [7, 11) is 1.82. The van der Waals surface area contributed by atoms with Crippen molar-refractivity contribution in [3.63, 3.8) is 0 Å². The van der Waals surface area contributed by atoms with Crippen LogP contribution in [0.5, 0.6) is 0 Å². The molecule has 0 saturated carbocycles.